The van der Waals surface area contributed by atoms with E-state index < -0.39 is 0 Å². The predicted molar refractivity (Wildman–Crippen MR) is 646 cm³/mol. The molecule has 0 fully saturated rings. The van der Waals surface area contributed by atoms with Crippen LogP contribution in [-0.4, -0.2) is 72.8 Å². The zero-order valence-corrected chi connectivity index (χ0v) is 108. The molecule has 0 aliphatic heterocycles. The number of nitrogens with one attached hydrogen (secondary N) is 2. The Balaban J connectivity index is -0.000000104. The molecule has 0 rings (SSSR count). The number of allylic oxidation sites excluding steroid dienone is 3. The third-order valence-electron chi connectivity index (χ3n) is 21.8. The second kappa shape index (κ2) is 83.7. The molecule has 1 unspecified atom stereocenters. The topological polar surface area (TPSA) is 153 Å². The molecular weight excluding hydrogens is 1720 g/mol. The summed E-state index contributed by atoms with van der Waals surface area (Å²) in [5.74, 6) is 4.36. The molecule has 0 aliphatic carbocycles. The zero-order chi connectivity index (χ0) is 115. The molecule has 10 nitrogen and oxygen atoms in total. The minimum absolute atomic E-state index is 0. The highest BCUT2D eigenvalue weighted by molar-refractivity contribution is 5.78. The maximum absolute atomic E-state index is 11.8. The van der Waals surface area contributed by atoms with Crippen molar-refractivity contribution in [1.82, 2.24) is 20.4 Å². The molecule has 2 N–H and O–H groups in total. The van der Waals surface area contributed by atoms with Crippen molar-refractivity contribution in [3.8, 4) is 30.6 Å². The monoisotopic (exact) mass is 1990 g/mol. The summed E-state index contributed by atoms with van der Waals surface area (Å²) in [7, 11) is 0. The Kier molecular flexibility index (Phi) is 99.3. The van der Waals surface area contributed by atoms with Gasteiger partial charge >= 0.3 is 0 Å². The molecular formula is C131H271N7O3. The SMILES string of the molecule is C.C#CCNC(=O)CC(C)(C)C.C=CCCCC(C)(C)C.CC(C)(C)CC(C)(C)C.CC(C)(C)CC(C)(C)C.CC(C)(C)CCCCC(C)(C)C#N.CC(C)CC(C)(C)C.CC(C)N(CC#N)C(=O)CC(C)(C)C.CC(CC(C)(C)C)C(C)(C)C.CC/C=C/CCCCCCC(C)(C)C.CCC(CC)(CCC#N)CC(C)(C)C.CCCC(C)(C)C.CCN(CC)C(=O)CC(C)(C)C.CCNCCC(C)(C)C. The summed E-state index contributed by atoms with van der Waals surface area (Å²) in [6, 6.07) is 6.74. The lowest BCUT2D eigenvalue weighted by Crippen LogP contribution is -2.38. The van der Waals surface area contributed by atoms with Gasteiger partial charge in [0.1, 0.15) is 6.54 Å². The Hall–Kier alpha value is -4.12. The number of nitriles is 3. The molecule has 0 aromatic rings. The molecule has 0 saturated carbocycles. The first-order valence-corrected chi connectivity index (χ1v) is 56.4. The van der Waals surface area contributed by atoms with E-state index in [1.165, 1.54) is 141 Å². The molecule has 0 aliphatic rings. The van der Waals surface area contributed by atoms with E-state index in [0.717, 1.165) is 57.3 Å². The quantitative estimate of drug-likeness (QED) is 0.0287. The highest BCUT2D eigenvalue weighted by Gasteiger charge is 2.32. The second-order valence-corrected chi connectivity index (χ2v) is 61.3. The summed E-state index contributed by atoms with van der Waals surface area (Å²) in [5.41, 5.74) is 6.70. The van der Waals surface area contributed by atoms with Gasteiger partial charge in [0.05, 0.1) is 30.2 Å². The van der Waals surface area contributed by atoms with E-state index in [2.05, 4.69) is 394 Å². The lowest BCUT2D eigenvalue weighted by atomic mass is 9.68. The van der Waals surface area contributed by atoms with E-state index in [-0.39, 0.29) is 59.4 Å². The summed E-state index contributed by atoms with van der Waals surface area (Å²) < 4.78 is 0. The number of carbonyl (C=O) groups is 3. The second-order valence-electron chi connectivity index (χ2n) is 61.3. The van der Waals surface area contributed by atoms with E-state index in [1.807, 2.05) is 100 Å². The van der Waals surface area contributed by atoms with Crippen molar-refractivity contribution in [1.29, 1.82) is 15.8 Å². The fourth-order valence-electron chi connectivity index (χ4n) is 16.0. The van der Waals surface area contributed by atoms with Gasteiger partial charge in [0.25, 0.3) is 0 Å². The van der Waals surface area contributed by atoms with Crippen molar-refractivity contribution in [2.24, 2.45) is 109 Å². The predicted octanol–water partition coefficient (Wildman–Crippen LogP) is 42.7. The summed E-state index contributed by atoms with van der Waals surface area (Å²) in [4.78, 5) is 37.8. The number of hydrogen-bond donors (Lipinski definition) is 2. The number of amides is 3. The van der Waals surface area contributed by atoms with E-state index >= 15 is 0 Å². The summed E-state index contributed by atoms with van der Waals surface area (Å²) in [6.07, 6.45) is 45.7. The Bertz CT molecular complexity index is 3020. The highest BCUT2D eigenvalue weighted by Crippen LogP contribution is 2.43. The van der Waals surface area contributed by atoms with Gasteiger partial charge in [-0.3, -0.25) is 14.4 Å². The van der Waals surface area contributed by atoms with Gasteiger partial charge in [0.15, 0.2) is 0 Å². The maximum atomic E-state index is 11.8. The summed E-state index contributed by atoms with van der Waals surface area (Å²) >= 11 is 0. The first-order valence-electron chi connectivity index (χ1n) is 56.4. The summed E-state index contributed by atoms with van der Waals surface area (Å²) in [5, 5.41) is 32.0. The molecule has 0 spiro atoms. The lowest BCUT2D eigenvalue weighted by Gasteiger charge is -2.37. The smallest absolute Gasteiger partial charge is 0.224 e. The molecule has 141 heavy (non-hydrogen) atoms. The average Bonchev–Trinajstić information content (AvgIpc) is 0.849. The van der Waals surface area contributed by atoms with Gasteiger partial charge in [0.2, 0.25) is 17.7 Å². The number of carbonyl (C=O) groups excluding carboxylic acids is 3. The van der Waals surface area contributed by atoms with Gasteiger partial charge in [-0.15, -0.1) is 13.0 Å². The first kappa shape index (κ1) is 167. The van der Waals surface area contributed by atoms with Gasteiger partial charge < -0.3 is 20.4 Å². The molecule has 0 radical (unpaired) electrons. The van der Waals surface area contributed by atoms with Crippen LogP contribution in [0.5, 0.6) is 0 Å². The van der Waals surface area contributed by atoms with Crippen molar-refractivity contribution in [2.45, 2.75) is 629 Å². The number of nitrogens with zero attached hydrogens (tertiary/aromatic N) is 5. The molecule has 1 atom stereocenters. The maximum Gasteiger partial charge on any atom is 0.224 e. The molecule has 10 heteroatoms. The highest BCUT2D eigenvalue weighted by atomic mass is 16.2. The Morgan fingerprint density at radius 3 is 0.979 bits per heavy atom. The molecule has 0 heterocycles. The number of terminal acetylenes is 1. The average molecular weight is 1990 g/mol. The van der Waals surface area contributed by atoms with Crippen molar-refractivity contribution < 1.29 is 14.4 Å². The van der Waals surface area contributed by atoms with Gasteiger partial charge in [-0.2, -0.15) is 15.8 Å². The van der Waals surface area contributed by atoms with Gasteiger partial charge in [0, 0.05) is 44.8 Å². The third kappa shape index (κ3) is 175. The van der Waals surface area contributed by atoms with Crippen LogP contribution in [0.1, 0.15) is 623 Å². The Morgan fingerprint density at radius 1 is 0.383 bits per heavy atom. The Morgan fingerprint density at radius 2 is 0.738 bits per heavy atom. The molecule has 848 valence electrons. The van der Waals surface area contributed by atoms with Crippen molar-refractivity contribution in [3.63, 3.8) is 0 Å². The minimum atomic E-state index is -0.127. The van der Waals surface area contributed by atoms with Crippen molar-refractivity contribution in [3.05, 3.63) is 24.8 Å². The molecule has 0 aromatic heterocycles. The molecule has 3 amide bonds. The molecule has 0 bridgehead atoms. The first-order chi connectivity index (χ1) is 62.0. The number of hydrogen-bond acceptors (Lipinski definition) is 7. The van der Waals surface area contributed by atoms with Crippen LogP contribution in [0.3, 0.4) is 0 Å². The van der Waals surface area contributed by atoms with Crippen LogP contribution in [0.25, 0.3) is 0 Å². The van der Waals surface area contributed by atoms with Gasteiger partial charge in [-0.05, 0) is 268 Å². The normalized spacial score (nSPS) is 12.5. The lowest BCUT2D eigenvalue weighted by molar-refractivity contribution is -0.134. The van der Waals surface area contributed by atoms with Crippen LogP contribution in [0.4, 0.5) is 0 Å². The van der Waals surface area contributed by atoms with Crippen LogP contribution in [0.15, 0.2) is 24.8 Å². The van der Waals surface area contributed by atoms with Crippen LogP contribution < -0.4 is 10.6 Å². The van der Waals surface area contributed by atoms with Gasteiger partial charge in [-0.1, -0.05) is 471 Å². The molecule has 0 aromatic carbocycles. The van der Waals surface area contributed by atoms with Crippen molar-refractivity contribution in [2.75, 3.05) is 39.3 Å². The third-order valence-corrected chi connectivity index (χ3v) is 21.8. The van der Waals surface area contributed by atoms with Crippen molar-refractivity contribution >= 4 is 17.7 Å². The van der Waals surface area contributed by atoms with E-state index in [9.17, 15) is 14.4 Å². The van der Waals surface area contributed by atoms with Crippen LogP contribution in [0, 0.1) is 156 Å². The van der Waals surface area contributed by atoms with Gasteiger partial charge in [-0.25, -0.2) is 0 Å². The van der Waals surface area contributed by atoms with E-state index in [4.69, 9.17) is 22.2 Å². The number of rotatable bonds is 33. The fourth-order valence-corrected chi connectivity index (χ4v) is 16.0. The standard InChI is InChI=1S/C14H28.C13H25N.C12H23N.C11H20N2O.C11H24.C10H21NO.C9H15NO.2C9H20.C9H18.C8H19N.C8H18.C7H16.CH4/c1-5-6-7-8-9-10-11-12-13-14(2,3)4;1-6-13(7-2,9-8-10-14)11-12(3,4)5;1-11(2,3)8-6-7-9-12(4,5)10-13;1-9(2)13(7-6-12)10(14)8-11(3,4)5;1-9(11(5,6)7)8-10(2,3)4;1-6-11(7-2)9(12)8-10(3,4)5;1-5-6-10-8(11)7-9(2,3)4;2*1-8(2,3)7-9(4,5)6;1-5-6-7-8-9(2,3)4;1-5-9-7-6-8(2,3)4;1-7(2)6-8(3,4)5;1-5-6-7(2,3)4;/h6-7H,5,8-13H2,1-4H3;6-9,11H2,1-5H3;6-9H2,1-5H3;9H,7-8H2,1-5H3;9H,8H2,1-7H3;6-8H2,1-5H3;1H,6-7H2,2-4H3,(H,10,11);2*7H2,1-6H3;5H,1,6-8H2,2-4H3;9H,5-7H2,1-4H3;7H,6H2,1-5H3;5-6H2,1-4H3;1H4/b7-6+;;;;;;;;;;;;;. The summed E-state index contributed by atoms with van der Waals surface area (Å²) in [6.45, 7) is 146. The molecule has 0 saturated heterocycles. The zero-order valence-electron chi connectivity index (χ0n) is 108. The van der Waals surface area contributed by atoms with Crippen LogP contribution in [-0.2, 0) is 14.4 Å². The Labute approximate surface area is 895 Å². The van der Waals surface area contributed by atoms with Crippen LogP contribution in [0.2, 0.25) is 0 Å². The fraction of sp³-hybridized carbons (Fsp3) is 0.908. The number of unbranched alkanes of at least 4 members (excludes halogenated alkanes) is 6. The van der Waals surface area contributed by atoms with Crippen LogP contribution >= 0.6 is 0 Å². The minimum Gasteiger partial charge on any atom is -0.345 e. The van der Waals surface area contributed by atoms with E-state index in [0.29, 0.717) is 108 Å². The van der Waals surface area contributed by atoms with E-state index in [1.54, 1.807) is 4.90 Å². The largest absolute Gasteiger partial charge is 0.345 e.